The highest BCUT2D eigenvalue weighted by Gasteiger charge is 2.14. The Morgan fingerprint density at radius 1 is 1.35 bits per heavy atom. The fraction of sp³-hybridized carbons (Fsp3) is 0.214. The number of rotatable bonds is 3. The Morgan fingerprint density at radius 3 is 2.70 bits per heavy atom. The van der Waals surface area contributed by atoms with Crippen molar-refractivity contribution < 1.29 is 4.79 Å². The predicted octanol–water partition coefficient (Wildman–Crippen LogP) is 3.72. The number of carbonyl (C=O) groups excluding carboxylic acids is 1. The van der Waals surface area contributed by atoms with Crippen molar-refractivity contribution in [2.75, 3.05) is 11.6 Å². The monoisotopic (exact) mass is 307 g/mol. The lowest BCUT2D eigenvalue weighted by Crippen LogP contribution is -2.14. The molecule has 0 saturated heterocycles. The Bertz CT molecular complexity index is 661. The van der Waals surface area contributed by atoms with E-state index in [1.165, 1.54) is 18.0 Å². The van der Waals surface area contributed by atoms with E-state index >= 15 is 0 Å². The van der Waals surface area contributed by atoms with Crippen molar-refractivity contribution in [3.05, 3.63) is 46.2 Å². The van der Waals surface area contributed by atoms with Crippen LogP contribution in [0.15, 0.2) is 29.6 Å². The van der Waals surface area contributed by atoms with E-state index in [2.05, 4.69) is 15.3 Å². The summed E-state index contributed by atoms with van der Waals surface area (Å²) in [5.41, 5.74) is 3.16. The van der Waals surface area contributed by atoms with Crippen molar-refractivity contribution in [1.29, 1.82) is 0 Å². The molecule has 0 radical (unpaired) electrons. The van der Waals surface area contributed by atoms with E-state index in [-0.39, 0.29) is 16.6 Å². The van der Waals surface area contributed by atoms with Gasteiger partial charge in [-0.3, -0.25) is 4.79 Å². The molecule has 1 N–H and O–H groups in total. The first-order chi connectivity index (χ1) is 9.51. The molecule has 1 amide bonds. The zero-order valence-electron chi connectivity index (χ0n) is 11.4. The lowest BCUT2D eigenvalue weighted by atomic mass is 10.1. The molecule has 1 aromatic carbocycles. The molecule has 0 saturated carbocycles. The normalized spacial score (nSPS) is 10.4. The van der Waals surface area contributed by atoms with E-state index in [1.54, 1.807) is 0 Å². The minimum atomic E-state index is -0.311. The summed E-state index contributed by atoms with van der Waals surface area (Å²) in [5, 5.41) is 3.52. The van der Waals surface area contributed by atoms with Crippen molar-refractivity contribution in [3.8, 4) is 0 Å². The molecule has 104 valence electrons. The van der Waals surface area contributed by atoms with Gasteiger partial charge in [0.25, 0.3) is 5.91 Å². The second-order valence-corrected chi connectivity index (χ2v) is 5.47. The number of benzene rings is 1. The van der Waals surface area contributed by atoms with Crippen molar-refractivity contribution in [2.45, 2.75) is 19.0 Å². The predicted molar refractivity (Wildman–Crippen MR) is 82.7 cm³/mol. The highest BCUT2D eigenvalue weighted by Crippen LogP contribution is 2.20. The van der Waals surface area contributed by atoms with E-state index in [9.17, 15) is 4.79 Å². The summed E-state index contributed by atoms with van der Waals surface area (Å²) in [6, 6.07) is 5.82. The van der Waals surface area contributed by atoms with Crippen LogP contribution in [0.2, 0.25) is 5.15 Å². The molecule has 20 heavy (non-hydrogen) atoms. The fourth-order valence-electron chi connectivity index (χ4n) is 1.74. The second kappa shape index (κ2) is 6.24. The molecule has 6 heteroatoms. The number of nitrogens with one attached hydrogen (secondary N) is 1. The number of aryl methyl sites for hydroxylation is 2. The Balaban J connectivity index is 2.24. The molecule has 0 fully saturated rings. The average Bonchev–Trinajstić information content (AvgIpc) is 2.41. The quantitative estimate of drug-likeness (QED) is 0.533. The van der Waals surface area contributed by atoms with Gasteiger partial charge in [-0.05, 0) is 31.7 Å². The van der Waals surface area contributed by atoms with Crippen LogP contribution in [-0.4, -0.2) is 22.1 Å². The Labute approximate surface area is 127 Å². The molecule has 2 rings (SSSR count). The largest absolute Gasteiger partial charge is 0.322 e. The van der Waals surface area contributed by atoms with E-state index in [0.717, 1.165) is 16.8 Å². The van der Waals surface area contributed by atoms with Crippen LogP contribution < -0.4 is 5.32 Å². The summed E-state index contributed by atoms with van der Waals surface area (Å²) in [6.07, 6.45) is 3.29. The van der Waals surface area contributed by atoms with Gasteiger partial charge >= 0.3 is 0 Å². The molecule has 0 aliphatic heterocycles. The highest BCUT2D eigenvalue weighted by atomic mass is 35.5. The average molecular weight is 308 g/mol. The third-order valence-corrected chi connectivity index (χ3v) is 3.63. The van der Waals surface area contributed by atoms with E-state index < -0.39 is 0 Å². The smallest absolute Gasteiger partial charge is 0.260 e. The van der Waals surface area contributed by atoms with Gasteiger partial charge in [0.1, 0.15) is 5.15 Å². The summed E-state index contributed by atoms with van der Waals surface area (Å²) in [6.45, 7) is 3.95. The molecule has 0 bridgehead atoms. The SMILES string of the molecule is CSc1ncc(C(=O)Nc2ccc(C)cc2C)c(Cl)n1. The zero-order valence-corrected chi connectivity index (χ0v) is 13.0. The van der Waals surface area contributed by atoms with Crippen molar-refractivity contribution in [3.63, 3.8) is 0 Å². The number of carbonyl (C=O) groups is 1. The Morgan fingerprint density at radius 2 is 2.10 bits per heavy atom. The number of halogens is 1. The molecule has 1 aromatic heterocycles. The van der Waals surface area contributed by atoms with Gasteiger partial charge in [-0.2, -0.15) is 0 Å². The number of anilines is 1. The van der Waals surface area contributed by atoms with Crippen LogP contribution >= 0.6 is 23.4 Å². The van der Waals surface area contributed by atoms with Gasteiger partial charge in [0.2, 0.25) is 0 Å². The lowest BCUT2D eigenvalue weighted by Gasteiger charge is -2.09. The molecule has 0 aliphatic rings. The summed E-state index contributed by atoms with van der Waals surface area (Å²) < 4.78 is 0. The van der Waals surface area contributed by atoms with Crippen LogP contribution in [0.3, 0.4) is 0 Å². The number of amides is 1. The molecule has 1 heterocycles. The van der Waals surface area contributed by atoms with Crippen molar-refractivity contribution >= 4 is 35.0 Å². The Hall–Kier alpha value is -1.59. The standard InChI is InChI=1S/C14H14ClN3OS/c1-8-4-5-11(9(2)6-8)17-13(19)10-7-16-14(20-3)18-12(10)15/h4-7H,1-3H3,(H,17,19). The van der Waals surface area contributed by atoms with Gasteiger partial charge in [0.05, 0.1) is 5.56 Å². The molecule has 0 unspecified atom stereocenters. The summed E-state index contributed by atoms with van der Waals surface area (Å²) in [4.78, 5) is 20.3. The van der Waals surface area contributed by atoms with E-state index in [1.807, 2.05) is 38.3 Å². The maximum atomic E-state index is 12.2. The molecule has 0 aliphatic carbocycles. The fourth-order valence-corrected chi connectivity index (χ4v) is 2.35. The second-order valence-electron chi connectivity index (χ2n) is 4.33. The maximum absolute atomic E-state index is 12.2. The van der Waals surface area contributed by atoms with Gasteiger partial charge in [-0.25, -0.2) is 9.97 Å². The molecule has 0 spiro atoms. The number of hydrogen-bond acceptors (Lipinski definition) is 4. The number of aromatic nitrogens is 2. The summed E-state index contributed by atoms with van der Waals surface area (Å²) in [5.74, 6) is -0.311. The minimum Gasteiger partial charge on any atom is -0.322 e. The maximum Gasteiger partial charge on any atom is 0.260 e. The Kier molecular flexibility index (Phi) is 4.62. The lowest BCUT2D eigenvalue weighted by molar-refractivity contribution is 0.102. The molecular formula is C14H14ClN3OS. The molecule has 2 aromatic rings. The van der Waals surface area contributed by atoms with Crippen molar-refractivity contribution in [2.24, 2.45) is 0 Å². The highest BCUT2D eigenvalue weighted by molar-refractivity contribution is 7.98. The first-order valence-electron chi connectivity index (χ1n) is 5.96. The molecule has 0 atom stereocenters. The topological polar surface area (TPSA) is 54.9 Å². The number of hydrogen-bond donors (Lipinski definition) is 1. The number of nitrogens with zero attached hydrogens (tertiary/aromatic N) is 2. The molecular weight excluding hydrogens is 294 g/mol. The first kappa shape index (κ1) is 14.8. The van der Waals surface area contributed by atoms with E-state index in [0.29, 0.717) is 5.16 Å². The third kappa shape index (κ3) is 3.29. The van der Waals surface area contributed by atoms with Crippen LogP contribution in [0.4, 0.5) is 5.69 Å². The van der Waals surface area contributed by atoms with Crippen LogP contribution in [0.5, 0.6) is 0 Å². The van der Waals surface area contributed by atoms with Crippen molar-refractivity contribution in [1.82, 2.24) is 9.97 Å². The van der Waals surface area contributed by atoms with Gasteiger partial charge in [0.15, 0.2) is 5.16 Å². The number of thioether (sulfide) groups is 1. The van der Waals surface area contributed by atoms with Crippen LogP contribution in [-0.2, 0) is 0 Å². The first-order valence-corrected chi connectivity index (χ1v) is 7.56. The van der Waals surface area contributed by atoms with Gasteiger partial charge in [-0.1, -0.05) is 41.1 Å². The minimum absolute atomic E-state index is 0.159. The van der Waals surface area contributed by atoms with Crippen LogP contribution in [0.1, 0.15) is 21.5 Å². The van der Waals surface area contributed by atoms with Gasteiger partial charge in [-0.15, -0.1) is 0 Å². The van der Waals surface area contributed by atoms with Crippen LogP contribution in [0.25, 0.3) is 0 Å². The summed E-state index contributed by atoms with van der Waals surface area (Å²) >= 11 is 7.38. The van der Waals surface area contributed by atoms with E-state index in [4.69, 9.17) is 11.6 Å². The third-order valence-electron chi connectivity index (χ3n) is 2.78. The van der Waals surface area contributed by atoms with Crippen LogP contribution in [0, 0.1) is 13.8 Å². The summed E-state index contributed by atoms with van der Waals surface area (Å²) in [7, 11) is 0. The van der Waals surface area contributed by atoms with Gasteiger partial charge in [0, 0.05) is 11.9 Å². The zero-order chi connectivity index (χ0) is 14.7. The molecule has 4 nitrogen and oxygen atoms in total. The van der Waals surface area contributed by atoms with Gasteiger partial charge < -0.3 is 5.32 Å².